The molecule has 23 heavy (non-hydrogen) atoms. The largest absolute Gasteiger partial charge is 0.545 e. The number of carboxylic acids is 1. The fourth-order valence-corrected chi connectivity index (χ4v) is 2.51. The number of piperazine rings is 1. The van der Waals surface area contributed by atoms with Crippen LogP contribution in [0.2, 0.25) is 0 Å². The van der Waals surface area contributed by atoms with Gasteiger partial charge in [0, 0.05) is 19.6 Å². The van der Waals surface area contributed by atoms with Crippen LogP contribution < -0.4 is 19.5 Å². The molecule has 0 aromatic heterocycles. The van der Waals surface area contributed by atoms with E-state index < -0.39 is 5.97 Å². The van der Waals surface area contributed by atoms with Gasteiger partial charge >= 0.3 is 0 Å². The zero-order chi connectivity index (χ0) is 16.7. The fourth-order valence-electron chi connectivity index (χ4n) is 2.51. The third kappa shape index (κ3) is 5.58. The van der Waals surface area contributed by atoms with Crippen molar-refractivity contribution in [2.45, 2.75) is 0 Å². The third-order valence-corrected chi connectivity index (χ3v) is 3.97. The standard InChI is InChI=1S/C17H24N2O4/c1-18-7-9-19(10-8-18)11-12-23-15-5-3-14(4-6-17(20)21)13-16(15)22-2/h3-6,13H,7-12H2,1-2H3,(H,20,21)/b6-4+. The number of quaternary nitrogens is 1. The highest BCUT2D eigenvalue weighted by molar-refractivity contribution is 5.83. The van der Waals surface area contributed by atoms with Crippen molar-refractivity contribution < 1.29 is 24.3 Å². The zero-order valence-electron chi connectivity index (χ0n) is 13.7. The van der Waals surface area contributed by atoms with Crippen LogP contribution >= 0.6 is 0 Å². The van der Waals surface area contributed by atoms with Crippen LogP contribution in [0.1, 0.15) is 5.56 Å². The Bertz CT molecular complexity index is 552. The Balaban J connectivity index is 1.88. The van der Waals surface area contributed by atoms with Gasteiger partial charge in [-0.1, -0.05) is 12.1 Å². The second-order valence-corrected chi connectivity index (χ2v) is 5.71. The van der Waals surface area contributed by atoms with Crippen LogP contribution in [0.25, 0.3) is 6.08 Å². The summed E-state index contributed by atoms with van der Waals surface area (Å²) in [6, 6.07) is 5.33. The maximum Gasteiger partial charge on any atom is 0.161 e. The Morgan fingerprint density at radius 3 is 2.74 bits per heavy atom. The number of aliphatic carboxylic acids is 1. The molecule has 1 aliphatic rings. The Morgan fingerprint density at radius 2 is 2.09 bits per heavy atom. The maximum atomic E-state index is 10.4. The molecule has 0 aliphatic carbocycles. The highest BCUT2D eigenvalue weighted by Gasteiger charge is 2.16. The first-order valence-electron chi connectivity index (χ1n) is 7.82. The highest BCUT2D eigenvalue weighted by Crippen LogP contribution is 2.28. The van der Waals surface area contributed by atoms with Gasteiger partial charge in [0.15, 0.2) is 11.5 Å². The minimum Gasteiger partial charge on any atom is -0.545 e. The van der Waals surface area contributed by atoms with E-state index in [1.54, 1.807) is 30.2 Å². The normalized spacial score (nSPS) is 16.6. The zero-order valence-corrected chi connectivity index (χ0v) is 13.7. The molecule has 1 aliphatic heterocycles. The van der Waals surface area contributed by atoms with Gasteiger partial charge in [0.05, 0.1) is 33.2 Å². The Hall–Kier alpha value is -2.05. The lowest BCUT2D eigenvalue weighted by molar-refractivity contribution is -0.884. The Morgan fingerprint density at radius 1 is 1.35 bits per heavy atom. The van der Waals surface area contributed by atoms with Gasteiger partial charge in [0.25, 0.3) is 0 Å². The second kappa shape index (κ2) is 8.55. The van der Waals surface area contributed by atoms with Gasteiger partial charge in [0.1, 0.15) is 6.61 Å². The molecule has 0 spiro atoms. The van der Waals surface area contributed by atoms with E-state index >= 15 is 0 Å². The second-order valence-electron chi connectivity index (χ2n) is 5.71. The molecule has 2 rings (SSSR count). The number of carbonyl (C=O) groups excluding carboxylic acids is 1. The highest BCUT2D eigenvalue weighted by atomic mass is 16.5. The SMILES string of the molecule is COc1cc(/C=C/C(=O)[O-])ccc1OCCN1CC[NH+](C)CC1. The molecule has 6 heteroatoms. The Labute approximate surface area is 136 Å². The van der Waals surface area contributed by atoms with Gasteiger partial charge in [-0.25, -0.2) is 0 Å². The molecular weight excluding hydrogens is 296 g/mol. The lowest BCUT2D eigenvalue weighted by Crippen LogP contribution is -3.12. The van der Waals surface area contributed by atoms with Crippen LogP contribution in [0.5, 0.6) is 11.5 Å². The van der Waals surface area contributed by atoms with Gasteiger partial charge in [-0.05, 0) is 23.8 Å². The van der Waals surface area contributed by atoms with Gasteiger partial charge in [-0.2, -0.15) is 0 Å². The summed E-state index contributed by atoms with van der Waals surface area (Å²) in [5, 5.41) is 10.4. The number of hydrogen-bond donors (Lipinski definition) is 1. The van der Waals surface area contributed by atoms with Crippen molar-refractivity contribution in [1.82, 2.24) is 4.90 Å². The number of methoxy groups -OCH3 is 1. The third-order valence-electron chi connectivity index (χ3n) is 3.97. The number of benzene rings is 1. The molecule has 0 saturated carbocycles. The summed E-state index contributed by atoms with van der Waals surface area (Å²) in [5.74, 6) is 0.0319. The quantitative estimate of drug-likeness (QED) is 0.631. The molecular formula is C17H24N2O4. The lowest BCUT2D eigenvalue weighted by Gasteiger charge is -2.29. The number of hydrogen-bond acceptors (Lipinski definition) is 5. The topological polar surface area (TPSA) is 66.3 Å². The van der Waals surface area contributed by atoms with Crippen molar-refractivity contribution in [2.75, 3.05) is 53.5 Å². The molecule has 1 fully saturated rings. The maximum absolute atomic E-state index is 10.4. The molecule has 0 bridgehead atoms. The van der Waals surface area contributed by atoms with Gasteiger partial charge in [-0.15, -0.1) is 0 Å². The number of carboxylic acid groups (broad SMARTS) is 1. The van der Waals surface area contributed by atoms with E-state index in [4.69, 9.17) is 9.47 Å². The van der Waals surface area contributed by atoms with Crippen LogP contribution in [0, 0.1) is 0 Å². The van der Waals surface area contributed by atoms with Crippen LogP contribution in [-0.2, 0) is 4.79 Å². The van der Waals surface area contributed by atoms with E-state index in [0.29, 0.717) is 18.1 Å². The summed E-state index contributed by atoms with van der Waals surface area (Å²) in [4.78, 5) is 14.4. The Kier molecular flexibility index (Phi) is 6.43. The summed E-state index contributed by atoms with van der Waals surface area (Å²) in [6.45, 7) is 6.02. The molecule has 0 radical (unpaired) electrons. The van der Waals surface area contributed by atoms with E-state index in [2.05, 4.69) is 11.9 Å². The average molecular weight is 320 g/mol. The number of nitrogens with zero attached hydrogens (tertiary/aromatic N) is 1. The summed E-state index contributed by atoms with van der Waals surface area (Å²) in [7, 11) is 3.78. The first kappa shape index (κ1) is 17.3. The minimum absolute atomic E-state index is 0.591. The predicted molar refractivity (Wildman–Crippen MR) is 85.6 cm³/mol. The molecule has 1 aromatic carbocycles. The van der Waals surface area contributed by atoms with E-state index in [-0.39, 0.29) is 0 Å². The first-order valence-corrected chi connectivity index (χ1v) is 7.82. The fraction of sp³-hybridized carbons (Fsp3) is 0.471. The van der Waals surface area contributed by atoms with Crippen molar-refractivity contribution in [3.63, 3.8) is 0 Å². The average Bonchev–Trinajstić information content (AvgIpc) is 2.55. The minimum atomic E-state index is -1.22. The number of rotatable bonds is 7. The van der Waals surface area contributed by atoms with E-state index in [1.807, 2.05) is 0 Å². The molecule has 1 heterocycles. The van der Waals surface area contributed by atoms with E-state index in [1.165, 1.54) is 19.2 Å². The smallest absolute Gasteiger partial charge is 0.161 e. The summed E-state index contributed by atoms with van der Waals surface area (Å²) < 4.78 is 11.1. The van der Waals surface area contributed by atoms with Gasteiger partial charge in [0.2, 0.25) is 0 Å². The van der Waals surface area contributed by atoms with Gasteiger partial charge < -0.3 is 24.3 Å². The van der Waals surface area contributed by atoms with Crippen molar-refractivity contribution in [3.8, 4) is 11.5 Å². The molecule has 6 nitrogen and oxygen atoms in total. The van der Waals surface area contributed by atoms with Crippen molar-refractivity contribution in [2.24, 2.45) is 0 Å². The van der Waals surface area contributed by atoms with Crippen molar-refractivity contribution in [3.05, 3.63) is 29.8 Å². The molecule has 126 valence electrons. The summed E-state index contributed by atoms with van der Waals surface area (Å²) in [6.07, 6.45) is 2.46. The number of ether oxygens (including phenoxy) is 2. The van der Waals surface area contributed by atoms with Crippen LogP contribution in [0.15, 0.2) is 24.3 Å². The monoisotopic (exact) mass is 320 g/mol. The van der Waals surface area contributed by atoms with E-state index in [9.17, 15) is 9.90 Å². The molecule has 0 unspecified atom stereocenters. The van der Waals surface area contributed by atoms with Crippen LogP contribution in [0.3, 0.4) is 0 Å². The van der Waals surface area contributed by atoms with Gasteiger partial charge in [-0.3, -0.25) is 4.90 Å². The number of likely N-dealkylation sites (N-methyl/N-ethyl adjacent to an activating group) is 1. The molecule has 0 amide bonds. The van der Waals surface area contributed by atoms with E-state index in [0.717, 1.165) is 31.3 Å². The summed E-state index contributed by atoms with van der Waals surface area (Å²) >= 11 is 0. The molecule has 1 N–H and O–H groups in total. The molecule has 1 aromatic rings. The first-order chi connectivity index (χ1) is 11.1. The lowest BCUT2D eigenvalue weighted by atomic mass is 10.2. The summed E-state index contributed by atoms with van der Waals surface area (Å²) in [5.41, 5.74) is 0.723. The van der Waals surface area contributed by atoms with Crippen LogP contribution in [-0.4, -0.2) is 64.4 Å². The predicted octanol–water partition coefficient (Wildman–Crippen LogP) is -1.33. The van der Waals surface area contributed by atoms with Crippen LogP contribution in [0.4, 0.5) is 0 Å². The number of nitrogens with one attached hydrogen (secondary N) is 1. The molecule has 1 saturated heterocycles. The number of carbonyl (C=O) groups is 1. The van der Waals surface area contributed by atoms with Crippen molar-refractivity contribution >= 4 is 12.0 Å². The van der Waals surface area contributed by atoms with Crippen molar-refractivity contribution in [1.29, 1.82) is 0 Å². The molecule has 0 atom stereocenters.